The Morgan fingerprint density at radius 1 is 1.26 bits per heavy atom. The van der Waals surface area contributed by atoms with Gasteiger partial charge in [0.1, 0.15) is 0 Å². The molecule has 1 unspecified atom stereocenters. The number of anilines is 1. The highest BCUT2D eigenvalue weighted by atomic mass is 32.2. The normalized spacial score (nSPS) is 19.0. The highest BCUT2D eigenvalue weighted by Crippen LogP contribution is 2.22. The SMILES string of the molecule is CNS(=O)(=O)C1CCCN(c2nnnn2-c2ccc(C)cc2)C1. The average Bonchev–Trinajstić information content (AvgIpc) is 3.05. The fraction of sp³-hybridized carbons (Fsp3) is 0.500. The second-order valence-electron chi connectivity index (χ2n) is 5.69. The van der Waals surface area contributed by atoms with Crippen LogP contribution in [0, 0.1) is 6.92 Å². The van der Waals surface area contributed by atoms with Gasteiger partial charge in [0, 0.05) is 13.1 Å². The van der Waals surface area contributed by atoms with Crippen LogP contribution in [-0.2, 0) is 10.0 Å². The number of hydrogen-bond donors (Lipinski definition) is 1. The molecule has 1 atom stereocenters. The molecular weight excluding hydrogens is 316 g/mol. The summed E-state index contributed by atoms with van der Waals surface area (Å²) in [4.78, 5) is 1.93. The van der Waals surface area contributed by atoms with Crippen molar-refractivity contribution >= 4 is 16.0 Å². The fourth-order valence-corrected chi connectivity index (χ4v) is 3.96. The largest absolute Gasteiger partial charge is 0.338 e. The van der Waals surface area contributed by atoms with Crippen molar-refractivity contribution in [3.63, 3.8) is 0 Å². The van der Waals surface area contributed by atoms with E-state index >= 15 is 0 Å². The maximum atomic E-state index is 12.1. The van der Waals surface area contributed by atoms with Crippen LogP contribution in [0.5, 0.6) is 0 Å². The van der Waals surface area contributed by atoms with E-state index in [0.29, 0.717) is 18.9 Å². The molecule has 0 radical (unpaired) electrons. The minimum absolute atomic E-state index is 0.384. The second kappa shape index (κ2) is 6.25. The molecule has 8 nitrogen and oxygen atoms in total. The second-order valence-corrected chi connectivity index (χ2v) is 7.85. The molecule has 2 heterocycles. The van der Waals surface area contributed by atoms with E-state index in [2.05, 4.69) is 20.2 Å². The molecule has 1 aromatic carbocycles. The lowest BCUT2D eigenvalue weighted by molar-refractivity contribution is 0.520. The van der Waals surface area contributed by atoms with E-state index in [1.807, 2.05) is 36.1 Å². The van der Waals surface area contributed by atoms with Crippen molar-refractivity contribution in [1.82, 2.24) is 24.9 Å². The van der Waals surface area contributed by atoms with Crippen LogP contribution in [0.15, 0.2) is 24.3 Å². The zero-order valence-corrected chi connectivity index (χ0v) is 14.0. The zero-order chi connectivity index (χ0) is 16.4. The first-order valence-electron chi connectivity index (χ1n) is 7.54. The summed E-state index contributed by atoms with van der Waals surface area (Å²) in [6, 6.07) is 7.87. The van der Waals surface area contributed by atoms with Gasteiger partial charge in [0.25, 0.3) is 0 Å². The van der Waals surface area contributed by atoms with Crippen LogP contribution in [0.3, 0.4) is 0 Å². The molecule has 1 aromatic heterocycles. The maximum absolute atomic E-state index is 12.1. The number of piperidine rings is 1. The molecule has 3 rings (SSSR count). The summed E-state index contributed by atoms with van der Waals surface area (Å²) in [5.41, 5.74) is 2.01. The zero-order valence-electron chi connectivity index (χ0n) is 13.2. The summed E-state index contributed by atoms with van der Waals surface area (Å²) in [5, 5.41) is 11.4. The molecule has 1 aliphatic rings. The van der Waals surface area contributed by atoms with Crippen molar-refractivity contribution in [2.24, 2.45) is 0 Å². The molecule has 9 heteroatoms. The van der Waals surface area contributed by atoms with Gasteiger partial charge in [0.15, 0.2) is 0 Å². The van der Waals surface area contributed by atoms with Gasteiger partial charge in [0.05, 0.1) is 10.9 Å². The fourth-order valence-electron chi connectivity index (χ4n) is 2.77. The summed E-state index contributed by atoms with van der Waals surface area (Å²) >= 11 is 0. The number of aromatic nitrogens is 4. The third kappa shape index (κ3) is 3.20. The number of nitrogens with one attached hydrogen (secondary N) is 1. The molecule has 1 fully saturated rings. The predicted octanol–water partition coefficient (Wildman–Crippen LogP) is 0.489. The molecule has 2 aromatic rings. The van der Waals surface area contributed by atoms with Crippen LogP contribution in [0.4, 0.5) is 5.95 Å². The van der Waals surface area contributed by atoms with E-state index in [0.717, 1.165) is 24.2 Å². The van der Waals surface area contributed by atoms with Crippen molar-refractivity contribution in [2.45, 2.75) is 25.0 Å². The highest BCUT2D eigenvalue weighted by molar-refractivity contribution is 7.90. The maximum Gasteiger partial charge on any atom is 0.250 e. The van der Waals surface area contributed by atoms with E-state index in [1.54, 1.807) is 4.68 Å². The lowest BCUT2D eigenvalue weighted by Gasteiger charge is -2.32. The van der Waals surface area contributed by atoms with Crippen molar-refractivity contribution in [2.75, 3.05) is 25.0 Å². The van der Waals surface area contributed by atoms with E-state index < -0.39 is 15.3 Å². The number of aryl methyl sites for hydroxylation is 1. The first-order valence-corrected chi connectivity index (χ1v) is 9.08. The van der Waals surface area contributed by atoms with E-state index in [-0.39, 0.29) is 0 Å². The lowest BCUT2D eigenvalue weighted by atomic mass is 10.1. The quantitative estimate of drug-likeness (QED) is 0.873. The standard InChI is InChI=1S/C14H20N6O2S/c1-11-5-7-12(8-6-11)20-14(16-17-18-20)19-9-3-4-13(10-19)23(21,22)15-2/h5-8,13,15H,3-4,9-10H2,1-2H3. The van der Waals surface area contributed by atoms with Gasteiger partial charge < -0.3 is 4.90 Å². The van der Waals surface area contributed by atoms with Crippen LogP contribution >= 0.6 is 0 Å². The Balaban J connectivity index is 1.88. The Morgan fingerprint density at radius 2 is 2.00 bits per heavy atom. The Labute approximate surface area is 135 Å². The number of rotatable bonds is 4. The molecule has 0 saturated carbocycles. The predicted molar refractivity (Wildman–Crippen MR) is 87.1 cm³/mol. The molecule has 0 amide bonds. The third-order valence-corrected chi connectivity index (χ3v) is 5.95. The van der Waals surface area contributed by atoms with Gasteiger partial charge >= 0.3 is 0 Å². The van der Waals surface area contributed by atoms with Gasteiger partial charge in [-0.1, -0.05) is 22.8 Å². The van der Waals surface area contributed by atoms with Crippen LogP contribution < -0.4 is 9.62 Å². The number of nitrogens with zero attached hydrogens (tertiary/aromatic N) is 5. The van der Waals surface area contributed by atoms with E-state index in [1.165, 1.54) is 7.05 Å². The first-order chi connectivity index (χ1) is 11.0. The van der Waals surface area contributed by atoms with Crippen LogP contribution in [0.2, 0.25) is 0 Å². The molecule has 1 N–H and O–H groups in total. The molecule has 0 bridgehead atoms. The Kier molecular flexibility index (Phi) is 4.31. The monoisotopic (exact) mass is 336 g/mol. The van der Waals surface area contributed by atoms with Crippen LogP contribution in [-0.4, -0.2) is 54.0 Å². The Bertz CT molecular complexity index is 771. The van der Waals surface area contributed by atoms with Gasteiger partial charge in [0.2, 0.25) is 16.0 Å². The molecule has 23 heavy (non-hydrogen) atoms. The van der Waals surface area contributed by atoms with Crippen molar-refractivity contribution in [3.05, 3.63) is 29.8 Å². The minimum atomic E-state index is -3.30. The van der Waals surface area contributed by atoms with Gasteiger partial charge in [-0.15, -0.1) is 0 Å². The third-order valence-electron chi connectivity index (χ3n) is 4.12. The van der Waals surface area contributed by atoms with Gasteiger partial charge in [-0.25, -0.2) is 13.1 Å². The van der Waals surface area contributed by atoms with Gasteiger partial charge in [-0.05, 0) is 49.4 Å². The summed E-state index contributed by atoms with van der Waals surface area (Å²) in [5.74, 6) is 0.574. The number of hydrogen-bond acceptors (Lipinski definition) is 6. The molecular formula is C14H20N6O2S. The molecule has 1 aliphatic heterocycles. The van der Waals surface area contributed by atoms with Gasteiger partial charge in [-0.3, -0.25) is 0 Å². The number of benzene rings is 1. The lowest BCUT2D eigenvalue weighted by Crippen LogP contribution is -2.46. The molecule has 1 saturated heterocycles. The average molecular weight is 336 g/mol. The smallest absolute Gasteiger partial charge is 0.250 e. The number of tetrazole rings is 1. The van der Waals surface area contributed by atoms with Crippen LogP contribution in [0.25, 0.3) is 5.69 Å². The summed E-state index contributed by atoms with van der Waals surface area (Å²) in [7, 11) is -1.85. The first kappa shape index (κ1) is 15.9. The Hall–Kier alpha value is -2.00. The minimum Gasteiger partial charge on any atom is -0.338 e. The Morgan fingerprint density at radius 3 is 2.70 bits per heavy atom. The van der Waals surface area contributed by atoms with E-state index in [9.17, 15) is 8.42 Å². The van der Waals surface area contributed by atoms with Crippen molar-refractivity contribution < 1.29 is 8.42 Å². The molecule has 0 aliphatic carbocycles. The summed E-state index contributed by atoms with van der Waals surface area (Å²) < 4.78 is 28.2. The summed E-state index contributed by atoms with van der Waals surface area (Å²) in [6.45, 7) is 3.14. The molecule has 0 spiro atoms. The van der Waals surface area contributed by atoms with Crippen molar-refractivity contribution in [1.29, 1.82) is 0 Å². The summed E-state index contributed by atoms with van der Waals surface area (Å²) in [6.07, 6.45) is 1.43. The van der Waals surface area contributed by atoms with Crippen molar-refractivity contribution in [3.8, 4) is 5.69 Å². The topological polar surface area (TPSA) is 93.0 Å². The van der Waals surface area contributed by atoms with E-state index in [4.69, 9.17) is 0 Å². The number of sulfonamides is 1. The highest BCUT2D eigenvalue weighted by Gasteiger charge is 2.31. The molecule has 124 valence electrons. The van der Waals surface area contributed by atoms with Gasteiger partial charge in [-0.2, -0.15) is 4.68 Å². The van der Waals surface area contributed by atoms with Crippen LogP contribution in [0.1, 0.15) is 18.4 Å².